The number of anilines is 2. The van der Waals surface area contributed by atoms with Crippen molar-refractivity contribution in [2.24, 2.45) is 0 Å². The number of aryl methyl sites for hydroxylation is 1. The van der Waals surface area contributed by atoms with Crippen molar-refractivity contribution in [2.75, 3.05) is 23.8 Å². The molecule has 6 nitrogen and oxygen atoms in total. The maximum absolute atomic E-state index is 5.59. The monoisotopic (exact) mass is 288 g/mol. The van der Waals surface area contributed by atoms with E-state index in [2.05, 4.69) is 20.6 Å². The third-order valence-electron chi connectivity index (χ3n) is 3.39. The van der Waals surface area contributed by atoms with Crippen molar-refractivity contribution < 1.29 is 9.15 Å². The van der Waals surface area contributed by atoms with E-state index in [1.165, 1.54) is 0 Å². The highest BCUT2D eigenvalue weighted by Gasteiger charge is 2.15. The van der Waals surface area contributed by atoms with Crippen molar-refractivity contribution in [1.82, 2.24) is 9.97 Å². The zero-order valence-corrected chi connectivity index (χ0v) is 12.1. The molecule has 1 aliphatic heterocycles. The topological polar surface area (TPSA) is 72.2 Å². The fourth-order valence-electron chi connectivity index (χ4n) is 2.34. The zero-order chi connectivity index (χ0) is 14.5. The van der Waals surface area contributed by atoms with Crippen LogP contribution in [0.15, 0.2) is 28.9 Å². The lowest BCUT2D eigenvalue weighted by Gasteiger charge is -2.12. The van der Waals surface area contributed by atoms with Crippen molar-refractivity contribution in [2.45, 2.75) is 32.4 Å². The fourth-order valence-corrected chi connectivity index (χ4v) is 2.34. The van der Waals surface area contributed by atoms with Crippen LogP contribution in [0.2, 0.25) is 0 Å². The lowest BCUT2D eigenvalue weighted by atomic mass is 10.2. The van der Waals surface area contributed by atoms with Crippen LogP contribution >= 0.6 is 0 Å². The minimum atomic E-state index is 0.272. The molecule has 1 saturated heterocycles. The molecular weight excluding hydrogens is 268 g/mol. The highest BCUT2D eigenvalue weighted by atomic mass is 16.5. The predicted octanol–water partition coefficient (Wildman–Crippen LogP) is 2.58. The molecule has 0 saturated carbocycles. The maximum Gasteiger partial charge on any atom is 0.224 e. The number of furan rings is 1. The van der Waals surface area contributed by atoms with E-state index in [-0.39, 0.29) is 6.10 Å². The van der Waals surface area contributed by atoms with Crippen molar-refractivity contribution in [3.8, 4) is 0 Å². The van der Waals surface area contributed by atoms with Crippen LogP contribution in [0.5, 0.6) is 0 Å². The molecule has 21 heavy (non-hydrogen) atoms. The van der Waals surface area contributed by atoms with E-state index in [0.717, 1.165) is 43.3 Å². The first kappa shape index (κ1) is 13.9. The second kappa shape index (κ2) is 6.58. The van der Waals surface area contributed by atoms with Gasteiger partial charge in [-0.3, -0.25) is 0 Å². The maximum atomic E-state index is 5.59. The summed E-state index contributed by atoms with van der Waals surface area (Å²) >= 11 is 0. The van der Waals surface area contributed by atoms with Crippen LogP contribution in [0.4, 0.5) is 11.8 Å². The van der Waals surface area contributed by atoms with Crippen molar-refractivity contribution >= 4 is 11.8 Å². The van der Waals surface area contributed by atoms with Crippen LogP contribution in [-0.2, 0) is 11.3 Å². The van der Waals surface area contributed by atoms with Gasteiger partial charge in [-0.2, -0.15) is 4.98 Å². The van der Waals surface area contributed by atoms with E-state index < -0.39 is 0 Å². The number of ether oxygens (including phenoxy) is 1. The third kappa shape index (κ3) is 3.95. The molecule has 2 N–H and O–H groups in total. The molecule has 0 aliphatic carbocycles. The number of rotatable bonds is 6. The molecular formula is C15H20N4O2. The standard InChI is InChI=1S/C15H20N4O2/c1-11-8-14(16-9-12-4-2-6-20-12)19-15(18-11)17-10-13-5-3-7-21-13/h2,4,6,8,13H,3,5,7,9-10H2,1H3,(H2,16,17,18,19). The van der Waals surface area contributed by atoms with Gasteiger partial charge in [-0.05, 0) is 31.9 Å². The largest absolute Gasteiger partial charge is 0.467 e. The lowest BCUT2D eigenvalue weighted by molar-refractivity contribution is 0.120. The van der Waals surface area contributed by atoms with Crippen LogP contribution in [-0.4, -0.2) is 29.2 Å². The van der Waals surface area contributed by atoms with Gasteiger partial charge >= 0.3 is 0 Å². The summed E-state index contributed by atoms with van der Waals surface area (Å²) in [6, 6.07) is 5.72. The minimum Gasteiger partial charge on any atom is -0.467 e. The van der Waals surface area contributed by atoms with Gasteiger partial charge in [0.2, 0.25) is 5.95 Å². The second-order valence-corrected chi connectivity index (χ2v) is 5.17. The van der Waals surface area contributed by atoms with Crippen LogP contribution in [0.25, 0.3) is 0 Å². The molecule has 3 rings (SSSR count). The van der Waals surface area contributed by atoms with Gasteiger partial charge in [-0.15, -0.1) is 0 Å². The number of nitrogens with one attached hydrogen (secondary N) is 2. The van der Waals surface area contributed by atoms with Crippen LogP contribution in [0.3, 0.4) is 0 Å². The number of nitrogens with zero attached hydrogens (tertiary/aromatic N) is 2. The molecule has 2 aromatic heterocycles. The molecule has 1 fully saturated rings. The minimum absolute atomic E-state index is 0.272. The van der Waals surface area contributed by atoms with E-state index in [9.17, 15) is 0 Å². The summed E-state index contributed by atoms with van der Waals surface area (Å²) < 4.78 is 10.9. The molecule has 2 aromatic rings. The van der Waals surface area contributed by atoms with E-state index in [4.69, 9.17) is 9.15 Å². The summed E-state index contributed by atoms with van der Waals surface area (Å²) in [7, 11) is 0. The third-order valence-corrected chi connectivity index (χ3v) is 3.39. The quantitative estimate of drug-likeness (QED) is 0.851. The Morgan fingerprint density at radius 1 is 1.33 bits per heavy atom. The number of hydrogen-bond acceptors (Lipinski definition) is 6. The summed E-state index contributed by atoms with van der Waals surface area (Å²) in [5, 5.41) is 6.49. The molecule has 6 heteroatoms. The molecule has 0 spiro atoms. The molecule has 0 radical (unpaired) electrons. The summed E-state index contributed by atoms with van der Waals surface area (Å²) in [5.41, 5.74) is 0.918. The Morgan fingerprint density at radius 3 is 3.05 bits per heavy atom. The van der Waals surface area contributed by atoms with E-state index in [1.807, 2.05) is 25.1 Å². The summed E-state index contributed by atoms with van der Waals surface area (Å²) in [5.74, 6) is 2.29. The summed E-state index contributed by atoms with van der Waals surface area (Å²) in [4.78, 5) is 8.86. The number of aromatic nitrogens is 2. The van der Waals surface area contributed by atoms with Gasteiger partial charge in [0.05, 0.1) is 18.9 Å². The van der Waals surface area contributed by atoms with Gasteiger partial charge in [0.1, 0.15) is 11.6 Å². The van der Waals surface area contributed by atoms with Gasteiger partial charge in [0.25, 0.3) is 0 Å². The Hall–Kier alpha value is -2.08. The van der Waals surface area contributed by atoms with Gasteiger partial charge in [0, 0.05) is 24.9 Å². The van der Waals surface area contributed by atoms with Crippen molar-refractivity contribution in [3.63, 3.8) is 0 Å². The molecule has 1 unspecified atom stereocenters. The van der Waals surface area contributed by atoms with Gasteiger partial charge in [0.15, 0.2) is 0 Å². The van der Waals surface area contributed by atoms with Crippen molar-refractivity contribution in [1.29, 1.82) is 0 Å². The Labute approximate surface area is 123 Å². The summed E-state index contributed by atoms with van der Waals surface area (Å²) in [6.45, 7) is 4.17. The molecule has 0 aromatic carbocycles. The first-order chi connectivity index (χ1) is 10.3. The van der Waals surface area contributed by atoms with Crippen LogP contribution in [0, 0.1) is 6.92 Å². The zero-order valence-electron chi connectivity index (χ0n) is 12.1. The highest BCUT2D eigenvalue weighted by molar-refractivity contribution is 5.42. The molecule has 3 heterocycles. The molecule has 1 atom stereocenters. The van der Waals surface area contributed by atoms with E-state index in [1.54, 1.807) is 6.26 Å². The summed E-state index contributed by atoms with van der Waals surface area (Å²) in [6.07, 6.45) is 4.17. The Balaban J connectivity index is 1.58. The van der Waals surface area contributed by atoms with Crippen molar-refractivity contribution in [3.05, 3.63) is 35.9 Å². The first-order valence-electron chi connectivity index (χ1n) is 7.27. The fraction of sp³-hybridized carbons (Fsp3) is 0.467. The van der Waals surface area contributed by atoms with E-state index in [0.29, 0.717) is 12.5 Å². The lowest BCUT2D eigenvalue weighted by Crippen LogP contribution is -2.20. The normalized spacial score (nSPS) is 17.9. The van der Waals surface area contributed by atoms with Gasteiger partial charge in [-0.1, -0.05) is 0 Å². The molecule has 0 amide bonds. The molecule has 1 aliphatic rings. The van der Waals surface area contributed by atoms with E-state index >= 15 is 0 Å². The second-order valence-electron chi connectivity index (χ2n) is 5.17. The Kier molecular flexibility index (Phi) is 4.35. The smallest absolute Gasteiger partial charge is 0.224 e. The SMILES string of the molecule is Cc1cc(NCc2ccco2)nc(NCC2CCCO2)n1. The van der Waals surface area contributed by atoms with Crippen LogP contribution < -0.4 is 10.6 Å². The highest BCUT2D eigenvalue weighted by Crippen LogP contribution is 2.14. The van der Waals surface area contributed by atoms with Gasteiger partial charge in [-0.25, -0.2) is 4.98 Å². The Morgan fingerprint density at radius 2 is 2.29 bits per heavy atom. The first-order valence-corrected chi connectivity index (χ1v) is 7.27. The van der Waals surface area contributed by atoms with Gasteiger partial charge < -0.3 is 19.8 Å². The number of hydrogen-bond donors (Lipinski definition) is 2. The average Bonchev–Trinajstić information content (AvgIpc) is 3.16. The molecule has 112 valence electrons. The Bertz CT molecular complexity index is 565. The molecule has 0 bridgehead atoms. The van der Waals surface area contributed by atoms with Crippen LogP contribution in [0.1, 0.15) is 24.3 Å². The average molecular weight is 288 g/mol. The predicted molar refractivity (Wildman–Crippen MR) is 80.3 cm³/mol.